The zero-order valence-electron chi connectivity index (χ0n) is 13.4. The van der Waals surface area contributed by atoms with Crippen LogP contribution in [0.1, 0.15) is 12.0 Å². The lowest BCUT2D eigenvalue weighted by Gasteiger charge is -2.12. The molecule has 7 heteroatoms. The van der Waals surface area contributed by atoms with E-state index in [0.29, 0.717) is 12.5 Å². The molecule has 1 heterocycles. The largest absolute Gasteiger partial charge is 0.494 e. The number of hydrogen-bond acceptors (Lipinski definition) is 3. The number of halogens is 1. The molecular weight excluding hydrogens is 297 g/mol. The Hall–Kier alpha value is -2.57. The minimum atomic E-state index is -0.367. The van der Waals surface area contributed by atoms with E-state index in [1.807, 2.05) is 23.0 Å². The maximum Gasteiger partial charge on any atom is 0.191 e. The van der Waals surface area contributed by atoms with Gasteiger partial charge in [0.15, 0.2) is 17.5 Å². The molecular formula is C16H22FN5O. The number of aryl methyl sites for hydroxylation is 1. The van der Waals surface area contributed by atoms with Crippen LogP contribution in [0.3, 0.4) is 0 Å². The van der Waals surface area contributed by atoms with Crippen LogP contribution in [-0.2, 0) is 13.1 Å². The number of nitrogens with one attached hydrogen (secondary N) is 2. The van der Waals surface area contributed by atoms with Gasteiger partial charge in [-0.3, -0.25) is 9.67 Å². The molecule has 1 aromatic heterocycles. The van der Waals surface area contributed by atoms with Crippen LogP contribution in [0, 0.1) is 5.82 Å². The van der Waals surface area contributed by atoms with E-state index in [4.69, 9.17) is 4.74 Å². The first-order chi connectivity index (χ1) is 11.2. The average Bonchev–Trinajstić information content (AvgIpc) is 3.07. The number of hydrogen-bond donors (Lipinski definition) is 2. The minimum absolute atomic E-state index is 0.245. The second kappa shape index (κ2) is 8.77. The molecule has 0 saturated heterocycles. The van der Waals surface area contributed by atoms with Crippen LogP contribution in [0.4, 0.5) is 4.39 Å². The Balaban J connectivity index is 1.73. The van der Waals surface area contributed by atoms with E-state index < -0.39 is 0 Å². The monoisotopic (exact) mass is 319 g/mol. The van der Waals surface area contributed by atoms with Crippen molar-refractivity contribution < 1.29 is 9.13 Å². The van der Waals surface area contributed by atoms with Crippen molar-refractivity contribution >= 4 is 5.96 Å². The van der Waals surface area contributed by atoms with Gasteiger partial charge in [0.1, 0.15) is 0 Å². The van der Waals surface area contributed by atoms with Crippen LogP contribution in [0.25, 0.3) is 0 Å². The summed E-state index contributed by atoms with van der Waals surface area (Å²) in [5, 5.41) is 10.5. The van der Waals surface area contributed by atoms with Gasteiger partial charge in [0.2, 0.25) is 0 Å². The summed E-state index contributed by atoms with van der Waals surface area (Å²) < 4.78 is 20.4. The summed E-state index contributed by atoms with van der Waals surface area (Å²) in [6.45, 7) is 2.11. The van der Waals surface area contributed by atoms with Gasteiger partial charge in [-0.25, -0.2) is 4.39 Å². The van der Waals surface area contributed by atoms with E-state index in [-0.39, 0.29) is 11.6 Å². The van der Waals surface area contributed by atoms with Crippen molar-refractivity contribution in [3.63, 3.8) is 0 Å². The predicted octanol–water partition coefficient (Wildman–Crippen LogP) is 1.79. The van der Waals surface area contributed by atoms with Gasteiger partial charge in [0.25, 0.3) is 0 Å². The molecule has 0 unspecified atom stereocenters. The standard InChI is InChI=1S/C16H22FN5O/c1-18-16(19-7-3-9-22-10-4-8-21-22)20-12-13-5-6-15(23-2)14(17)11-13/h4-6,8,10-11H,3,7,9,12H2,1-2H3,(H2,18,19,20). The lowest BCUT2D eigenvalue weighted by Crippen LogP contribution is -2.37. The summed E-state index contributed by atoms with van der Waals surface area (Å²) >= 11 is 0. The fraction of sp³-hybridized carbons (Fsp3) is 0.375. The Labute approximate surface area is 135 Å². The second-order valence-electron chi connectivity index (χ2n) is 4.94. The Morgan fingerprint density at radius 1 is 1.39 bits per heavy atom. The van der Waals surface area contributed by atoms with Gasteiger partial charge < -0.3 is 15.4 Å². The second-order valence-corrected chi connectivity index (χ2v) is 4.94. The molecule has 1 aromatic carbocycles. The van der Waals surface area contributed by atoms with Gasteiger partial charge in [-0.15, -0.1) is 0 Å². The molecule has 0 radical (unpaired) electrons. The highest BCUT2D eigenvalue weighted by Gasteiger charge is 2.04. The number of guanidine groups is 1. The van der Waals surface area contributed by atoms with E-state index in [2.05, 4.69) is 20.7 Å². The fourth-order valence-electron chi connectivity index (χ4n) is 2.11. The summed E-state index contributed by atoms with van der Waals surface area (Å²) in [5.41, 5.74) is 0.822. The molecule has 0 spiro atoms. The molecule has 6 nitrogen and oxygen atoms in total. The van der Waals surface area contributed by atoms with Crippen molar-refractivity contribution in [1.82, 2.24) is 20.4 Å². The van der Waals surface area contributed by atoms with Gasteiger partial charge in [0.05, 0.1) is 7.11 Å². The van der Waals surface area contributed by atoms with E-state index >= 15 is 0 Å². The van der Waals surface area contributed by atoms with Crippen molar-refractivity contribution in [1.29, 1.82) is 0 Å². The fourth-order valence-corrected chi connectivity index (χ4v) is 2.11. The van der Waals surface area contributed by atoms with Crippen LogP contribution >= 0.6 is 0 Å². The number of aromatic nitrogens is 2. The molecule has 0 saturated carbocycles. The topological polar surface area (TPSA) is 63.5 Å². The number of methoxy groups -OCH3 is 1. The van der Waals surface area contributed by atoms with E-state index in [1.165, 1.54) is 13.2 Å². The van der Waals surface area contributed by atoms with Gasteiger partial charge in [0, 0.05) is 39.1 Å². The SMILES string of the molecule is CN=C(NCCCn1cccn1)NCc1ccc(OC)c(F)c1. The zero-order valence-corrected chi connectivity index (χ0v) is 13.4. The number of ether oxygens (including phenoxy) is 1. The van der Waals surface area contributed by atoms with Crippen LogP contribution in [-0.4, -0.2) is 36.4 Å². The molecule has 2 N–H and O–H groups in total. The summed E-state index contributed by atoms with van der Waals surface area (Å²) in [5.74, 6) is 0.561. The third-order valence-electron chi connectivity index (χ3n) is 3.32. The Kier molecular flexibility index (Phi) is 6.40. The maximum absolute atomic E-state index is 13.6. The van der Waals surface area contributed by atoms with Crippen LogP contribution in [0.2, 0.25) is 0 Å². The van der Waals surface area contributed by atoms with Crippen LogP contribution < -0.4 is 15.4 Å². The number of rotatable bonds is 7. The molecule has 0 aliphatic heterocycles. The lowest BCUT2D eigenvalue weighted by atomic mass is 10.2. The highest BCUT2D eigenvalue weighted by atomic mass is 19.1. The maximum atomic E-state index is 13.6. The number of aliphatic imine (C=N–C) groups is 1. The summed E-state index contributed by atoms with van der Waals surface area (Å²) in [7, 11) is 3.16. The van der Waals surface area contributed by atoms with E-state index in [9.17, 15) is 4.39 Å². The molecule has 0 aliphatic carbocycles. The zero-order chi connectivity index (χ0) is 16.5. The molecule has 0 bridgehead atoms. The summed E-state index contributed by atoms with van der Waals surface area (Å²) in [6, 6.07) is 6.80. The molecule has 2 rings (SSSR count). The smallest absolute Gasteiger partial charge is 0.191 e. The van der Waals surface area contributed by atoms with Crippen LogP contribution in [0.5, 0.6) is 5.75 Å². The molecule has 0 amide bonds. The van der Waals surface area contributed by atoms with Gasteiger partial charge in [-0.05, 0) is 30.2 Å². The quantitative estimate of drug-likeness (QED) is 0.464. The minimum Gasteiger partial charge on any atom is -0.494 e. The molecule has 0 atom stereocenters. The molecule has 0 fully saturated rings. The van der Waals surface area contributed by atoms with Crippen molar-refractivity contribution in [3.8, 4) is 5.75 Å². The van der Waals surface area contributed by atoms with Gasteiger partial charge >= 0.3 is 0 Å². The van der Waals surface area contributed by atoms with Gasteiger partial charge in [-0.2, -0.15) is 5.10 Å². The van der Waals surface area contributed by atoms with Crippen molar-refractivity contribution in [2.24, 2.45) is 4.99 Å². The Bertz CT molecular complexity index is 627. The third kappa shape index (κ3) is 5.28. The Morgan fingerprint density at radius 3 is 2.91 bits per heavy atom. The first kappa shape index (κ1) is 16.8. The molecule has 23 heavy (non-hydrogen) atoms. The highest BCUT2D eigenvalue weighted by Crippen LogP contribution is 2.17. The third-order valence-corrected chi connectivity index (χ3v) is 3.32. The molecule has 2 aromatic rings. The molecule has 0 aliphatic rings. The Morgan fingerprint density at radius 2 is 2.26 bits per heavy atom. The summed E-state index contributed by atoms with van der Waals surface area (Å²) in [6.07, 6.45) is 4.63. The lowest BCUT2D eigenvalue weighted by molar-refractivity contribution is 0.386. The number of benzene rings is 1. The van der Waals surface area contributed by atoms with E-state index in [0.717, 1.165) is 25.1 Å². The van der Waals surface area contributed by atoms with Crippen LogP contribution in [0.15, 0.2) is 41.7 Å². The highest BCUT2D eigenvalue weighted by molar-refractivity contribution is 5.79. The van der Waals surface area contributed by atoms with Crippen molar-refractivity contribution in [2.75, 3.05) is 20.7 Å². The molecule has 124 valence electrons. The summed E-state index contributed by atoms with van der Waals surface area (Å²) in [4.78, 5) is 4.15. The van der Waals surface area contributed by atoms with Crippen molar-refractivity contribution in [2.45, 2.75) is 19.5 Å². The van der Waals surface area contributed by atoms with E-state index in [1.54, 1.807) is 19.3 Å². The average molecular weight is 319 g/mol. The number of nitrogens with zero attached hydrogens (tertiary/aromatic N) is 3. The first-order valence-electron chi connectivity index (χ1n) is 7.47. The predicted molar refractivity (Wildman–Crippen MR) is 88.0 cm³/mol. The van der Waals surface area contributed by atoms with Crippen molar-refractivity contribution in [3.05, 3.63) is 48.0 Å². The normalized spacial score (nSPS) is 11.3. The first-order valence-corrected chi connectivity index (χ1v) is 7.47. The van der Waals surface area contributed by atoms with Gasteiger partial charge in [-0.1, -0.05) is 6.07 Å².